The van der Waals surface area contributed by atoms with Crippen LogP contribution in [0.3, 0.4) is 0 Å². The average Bonchev–Trinajstić information content (AvgIpc) is 3.25. The summed E-state index contributed by atoms with van der Waals surface area (Å²) in [7, 11) is 0. The Hall–Kier alpha value is -2.90. The lowest BCUT2D eigenvalue weighted by molar-refractivity contribution is 0.444. The molecular formula is C26H27Cl3N6. The fourth-order valence-electron chi connectivity index (χ4n) is 4.69. The molecule has 0 aliphatic carbocycles. The van der Waals surface area contributed by atoms with Crippen molar-refractivity contribution >= 4 is 59.5 Å². The van der Waals surface area contributed by atoms with Crippen LogP contribution in [0.5, 0.6) is 0 Å². The topological polar surface area (TPSA) is 81.1 Å². The molecule has 0 saturated carbocycles. The Bertz CT molecular complexity index is 1430. The van der Waals surface area contributed by atoms with Gasteiger partial charge in [0.15, 0.2) is 0 Å². The van der Waals surface area contributed by atoms with E-state index in [0.717, 1.165) is 70.7 Å². The molecule has 9 heteroatoms. The van der Waals surface area contributed by atoms with Crippen LogP contribution in [0, 0.1) is 0 Å². The zero-order valence-corrected chi connectivity index (χ0v) is 21.4. The number of imidazole rings is 1. The second kappa shape index (κ2) is 11.2. The summed E-state index contributed by atoms with van der Waals surface area (Å²) in [6, 6.07) is 20.8. The van der Waals surface area contributed by atoms with Gasteiger partial charge in [-0.2, -0.15) is 0 Å². The van der Waals surface area contributed by atoms with E-state index in [1.807, 2.05) is 24.4 Å². The number of nitrogens with zero attached hydrogens (tertiary/aromatic N) is 4. The number of hydrogen-bond acceptors (Lipinski definition) is 5. The van der Waals surface area contributed by atoms with Crippen LogP contribution in [0.4, 0.5) is 5.82 Å². The molecule has 182 valence electrons. The molecule has 1 aliphatic rings. The van der Waals surface area contributed by atoms with Crippen molar-refractivity contribution in [3.05, 3.63) is 78.9 Å². The molecule has 0 bridgehead atoms. The number of hydrogen-bond donors (Lipinski definition) is 2. The van der Waals surface area contributed by atoms with Crippen molar-refractivity contribution in [2.24, 2.45) is 0 Å². The minimum Gasteiger partial charge on any atom is -0.382 e. The van der Waals surface area contributed by atoms with Crippen LogP contribution < -0.4 is 11.1 Å². The number of rotatable bonds is 3. The first-order valence-electron chi connectivity index (χ1n) is 11.1. The van der Waals surface area contributed by atoms with Crippen molar-refractivity contribution in [2.75, 3.05) is 18.8 Å². The van der Waals surface area contributed by atoms with Gasteiger partial charge in [0, 0.05) is 34.8 Å². The molecule has 0 atom stereocenters. The van der Waals surface area contributed by atoms with Crippen LogP contribution in [0.2, 0.25) is 0 Å². The van der Waals surface area contributed by atoms with E-state index in [1.54, 1.807) is 6.20 Å². The number of anilines is 1. The zero-order valence-electron chi connectivity index (χ0n) is 18.9. The second-order valence-electron chi connectivity index (χ2n) is 8.34. The maximum Gasteiger partial charge on any atom is 0.150 e. The molecule has 1 aliphatic heterocycles. The van der Waals surface area contributed by atoms with Gasteiger partial charge in [-0.15, -0.1) is 37.2 Å². The lowest BCUT2D eigenvalue weighted by Crippen LogP contribution is -2.27. The summed E-state index contributed by atoms with van der Waals surface area (Å²) < 4.78 is 2.13. The highest BCUT2D eigenvalue weighted by molar-refractivity contribution is 5.91. The number of pyridine rings is 1. The van der Waals surface area contributed by atoms with Crippen molar-refractivity contribution in [3.63, 3.8) is 0 Å². The second-order valence-corrected chi connectivity index (χ2v) is 8.34. The number of aromatic nitrogens is 4. The molecule has 0 amide bonds. The standard InChI is InChI=1S/C26H24N6.3ClH/c27-25-24-23(31-26(32(24)15-14-29-25)19-10-12-28-13-11-19)20-7-6-18-8-9-21(30-22(18)16-20)17-4-2-1-3-5-17;;;/h1-9,14-16,19,28H,10-13H2,(H2,27,29);3*1H. The van der Waals surface area contributed by atoms with Gasteiger partial charge in [-0.3, -0.25) is 4.40 Å². The van der Waals surface area contributed by atoms with Crippen LogP contribution in [0.1, 0.15) is 24.6 Å². The quantitative estimate of drug-likeness (QED) is 0.303. The lowest BCUT2D eigenvalue weighted by atomic mass is 9.97. The van der Waals surface area contributed by atoms with Crippen molar-refractivity contribution in [1.29, 1.82) is 0 Å². The predicted octanol–water partition coefficient (Wildman–Crippen LogP) is 5.93. The van der Waals surface area contributed by atoms with Gasteiger partial charge in [0.05, 0.1) is 11.2 Å². The van der Waals surface area contributed by atoms with Crippen molar-refractivity contribution < 1.29 is 0 Å². The number of nitrogens with two attached hydrogens (primary N) is 1. The van der Waals surface area contributed by atoms with E-state index >= 15 is 0 Å². The maximum atomic E-state index is 6.35. The summed E-state index contributed by atoms with van der Waals surface area (Å²) >= 11 is 0. The third-order valence-electron chi connectivity index (χ3n) is 6.35. The minimum atomic E-state index is 0. The van der Waals surface area contributed by atoms with Crippen LogP contribution in [-0.4, -0.2) is 32.4 Å². The number of nitrogen functional groups attached to an aromatic ring is 1. The Balaban J connectivity index is 0.00000114. The molecular weight excluding hydrogens is 503 g/mol. The maximum absolute atomic E-state index is 6.35. The van der Waals surface area contributed by atoms with Gasteiger partial charge in [0.25, 0.3) is 0 Å². The lowest BCUT2D eigenvalue weighted by Gasteiger charge is -2.21. The van der Waals surface area contributed by atoms with Gasteiger partial charge in [-0.1, -0.05) is 48.5 Å². The fourth-order valence-corrected chi connectivity index (χ4v) is 4.69. The van der Waals surface area contributed by atoms with Crippen LogP contribution in [0.15, 0.2) is 73.1 Å². The monoisotopic (exact) mass is 528 g/mol. The molecule has 2 aromatic carbocycles. The van der Waals surface area contributed by atoms with Gasteiger partial charge >= 0.3 is 0 Å². The first-order valence-corrected chi connectivity index (χ1v) is 11.1. The highest BCUT2D eigenvalue weighted by Gasteiger charge is 2.24. The molecule has 1 fully saturated rings. The first kappa shape index (κ1) is 26.7. The molecule has 4 heterocycles. The summed E-state index contributed by atoms with van der Waals surface area (Å²) in [5, 5.41) is 4.54. The molecule has 0 spiro atoms. The molecule has 5 aromatic rings. The summed E-state index contributed by atoms with van der Waals surface area (Å²) in [6.45, 7) is 2.02. The first-order chi connectivity index (χ1) is 15.8. The molecule has 0 radical (unpaired) electrons. The number of nitrogens with one attached hydrogen (secondary N) is 1. The van der Waals surface area contributed by atoms with E-state index in [9.17, 15) is 0 Å². The largest absolute Gasteiger partial charge is 0.382 e. The number of halogens is 3. The Morgan fingerprint density at radius 1 is 0.857 bits per heavy atom. The normalized spacial score (nSPS) is 13.6. The molecule has 3 N–H and O–H groups in total. The zero-order chi connectivity index (χ0) is 21.5. The van der Waals surface area contributed by atoms with Crippen LogP contribution in [-0.2, 0) is 0 Å². The molecule has 35 heavy (non-hydrogen) atoms. The summed E-state index contributed by atoms with van der Waals surface area (Å²) in [4.78, 5) is 14.4. The van der Waals surface area contributed by atoms with Gasteiger partial charge < -0.3 is 11.1 Å². The van der Waals surface area contributed by atoms with Gasteiger partial charge in [0.1, 0.15) is 22.9 Å². The van der Waals surface area contributed by atoms with E-state index in [4.69, 9.17) is 15.7 Å². The van der Waals surface area contributed by atoms with Crippen LogP contribution >= 0.6 is 37.2 Å². The minimum absolute atomic E-state index is 0. The summed E-state index contributed by atoms with van der Waals surface area (Å²) in [5.41, 5.74) is 12.1. The van der Waals surface area contributed by atoms with E-state index < -0.39 is 0 Å². The Morgan fingerprint density at radius 3 is 2.37 bits per heavy atom. The third kappa shape index (κ3) is 4.93. The molecule has 0 unspecified atom stereocenters. The van der Waals surface area contributed by atoms with Crippen molar-refractivity contribution in [2.45, 2.75) is 18.8 Å². The highest BCUT2D eigenvalue weighted by atomic mass is 35.5. The van der Waals surface area contributed by atoms with Crippen molar-refractivity contribution in [3.8, 4) is 22.5 Å². The smallest absolute Gasteiger partial charge is 0.150 e. The highest BCUT2D eigenvalue weighted by Crippen LogP contribution is 2.34. The van der Waals surface area contributed by atoms with Gasteiger partial charge in [-0.05, 0) is 38.1 Å². The fraction of sp³-hybridized carbons (Fsp3) is 0.192. The van der Waals surface area contributed by atoms with E-state index in [-0.39, 0.29) is 37.2 Å². The third-order valence-corrected chi connectivity index (χ3v) is 6.35. The number of fused-ring (bicyclic) bond motifs is 2. The Kier molecular flexibility index (Phi) is 8.56. The SMILES string of the molecule is Cl.Cl.Cl.Nc1nccn2c(C3CCNCC3)nc(-c3ccc4ccc(-c5ccccc5)nc4c3)c12. The molecule has 6 rings (SSSR count). The summed E-state index contributed by atoms with van der Waals surface area (Å²) in [5.74, 6) is 1.97. The average molecular weight is 530 g/mol. The molecule has 6 nitrogen and oxygen atoms in total. The van der Waals surface area contributed by atoms with E-state index in [0.29, 0.717) is 11.7 Å². The van der Waals surface area contributed by atoms with Crippen molar-refractivity contribution in [1.82, 2.24) is 24.7 Å². The Labute approximate surface area is 222 Å². The van der Waals surface area contributed by atoms with Gasteiger partial charge in [-0.25, -0.2) is 15.0 Å². The van der Waals surface area contributed by atoms with E-state index in [2.05, 4.69) is 57.2 Å². The predicted molar refractivity (Wildman–Crippen MR) is 150 cm³/mol. The molecule has 3 aromatic heterocycles. The summed E-state index contributed by atoms with van der Waals surface area (Å²) in [6.07, 6.45) is 5.87. The number of piperidine rings is 1. The molecule has 1 saturated heterocycles. The van der Waals surface area contributed by atoms with Gasteiger partial charge in [0.2, 0.25) is 0 Å². The van der Waals surface area contributed by atoms with Crippen LogP contribution in [0.25, 0.3) is 38.9 Å². The Morgan fingerprint density at radius 2 is 1.60 bits per heavy atom. The number of benzene rings is 2. The van der Waals surface area contributed by atoms with E-state index in [1.165, 1.54) is 0 Å².